The van der Waals surface area contributed by atoms with Crippen molar-refractivity contribution in [2.75, 3.05) is 12.4 Å². The van der Waals surface area contributed by atoms with Crippen molar-refractivity contribution >= 4 is 17.7 Å². The predicted molar refractivity (Wildman–Crippen MR) is 91.4 cm³/mol. The van der Waals surface area contributed by atoms with Crippen LogP contribution < -0.4 is 0 Å². The van der Waals surface area contributed by atoms with Gasteiger partial charge in [-0.2, -0.15) is 30.7 Å². The lowest BCUT2D eigenvalue weighted by molar-refractivity contribution is -0.355. The number of unbranched alkanes of at least 4 members (excludes halogenated alkanes) is 3. The molecule has 0 aliphatic rings. The Hall–Kier alpha value is -0.670. The van der Waals surface area contributed by atoms with Crippen LogP contribution in [-0.2, 0) is 9.53 Å². The Labute approximate surface area is 159 Å². The van der Waals surface area contributed by atoms with Gasteiger partial charge in [0.1, 0.15) is 5.25 Å². The second-order valence-electron chi connectivity index (χ2n) is 6.26. The highest BCUT2D eigenvalue weighted by Crippen LogP contribution is 2.48. The van der Waals surface area contributed by atoms with Gasteiger partial charge in [0.15, 0.2) is 0 Å². The Balaban J connectivity index is 4.59. The first kappa shape index (κ1) is 26.3. The molecule has 0 amide bonds. The fourth-order valence-corrected chi connectivity index (χ4v) is 3.28. The Kier molecular flexibility index (Phi) is 11.7. The molecule has 0 aliphatic heterocycles. The molecule has 0 spiro atoms. The normalized spacial score (nSPS) is 14.3. The molecule has 0 rings (SSSR count). The summed E-state index contributed by atoms with van der Waals surface area (Å²) in [5, 5.41) is -0.634. The van der Waals surface area contributed by atoms with Crippen LogP contribution in [-0.4, -0.2) is 41.6 Å². The Bertz CT molecular complexity index is 428. The van der Waals surface area contributed by atoms with Gasteiger partial charge in [-0.25, -0.2) is 0 Å². The third kappa shape index (κ3) is 8.91. The second-order valence-corrected chi connectivity index (χ2v) is 7.57. The molecule has 0 aliphatic carbocycles. The molecule has 1 unspecified atom stereocenters. The van der Waals surface area contributed by atoms with Crippen molar-refractivity contribution in [3.63, 3.8) is 0 Å². The van der Waals surface area contributed by atoms with Gasteiger partial charge < -0.3 is 4.74 Å². The molecular formula is C17H27F7O2S. The van der Waals surface area contributed by atoms with E-state index in [1.807, 2.05) is 13.8 Å². The van der Waals surface area contributed by atoms with Gasteiger partial charge in [0, 0.05) is 6.42 Å². The van der Waals surface area contributed by atoms with Crippen molar-refractivity contribution in [2.45, 2.75) is 88.5 Å². The van der Waals surface area contributed by atoms with E-state index in [-0.39, 0.29) is 12.4 Å². The highest BCUT2D eigenvalue weighted by atomic mass is 32.2. The first-order valence-electron chi connectivity index (χ1n) is 9.01. The fourth-order valence-electron chi connectivity index (χ4n) is 2.14. The molecular weight excluding hydrogens is 401 g/mol. The Morgan fingerprint density at radius 2 is 1.52 bits per heavy atom. The van der Waals surface area contributed by atoms with E-state index >= 15 is 0 Å². The Morgan fingerprint density at radius 1 is 0.926 bits per heavy atom. The topological polar surface area (TPSA) is 26.3 Å². The molecule has 2 nitrogen and oxygen atoms in total. The molecule has 0 aromatic heterocycles. The predicted octanol–water partition coefficient (Wildman–Crippen LogP) is 6.62. The van der Waals surface area contributed by atoms with E-state index in [9.17, 15) is 35.5 Å². The number of halogens is 7. The summed E-state index contributed by atoms with van der Waals surface area (Å²) in [4.78, 5) is 12.0. The number of carbonyl (C=O) groups excluding carboxylic acids is 1. The molecule has 10 heteroatoms. The minimum absolute atomic E-state index is 0.136. The number of alkyl halides is 7. The molecule has 0 bridgehead atoms. The van der Waals surface area contributed by atoms with Gasteiger partial charge in [0.05, 0.1) is 6.61 Å². The van der Waals surface area contributed by atoms with Gasteiger partial charge in [0.25, 0.3) is 0 Å². The number of hydrogen-bond donors (Lipinski definition) is 0. The second kappa shape index (κ2) is 12.0. The molecule has 27 heavy (non-hydrogen) atoms. The number of thioether (sulfide) groups is 1. The lowest BCUT2D eigenvalue weighted by Gasteiger charge is -2.28. The first-order chi connectivity index (χ1) is 12.4. The van der Waals surface area contributed by atoms with Gasteiger partial charge in [-0.1, -0.05) is 39.5 Å². The molecule has 0 heterocycles. The zero-order valence-corrected chi connectivity index (χ0v) is 16.3. The molecule has 0 N–H and O–H groups in total. The smallest absolute Gasteiger partial charge is 0.459 e. The number of rotatable bonds is 14. The molecule has 0 saturated heterocycles. The van der Waals surface area contributed by atoms with E-state index in [0.29, 0.717) is 19.3 Å². The van der Waals surface area contributed by atoms with E-state index in [1.54, 1.807) is 0 Å². The zero-order valence-electron chi connectivity index (χ0n) is 15.5. The maximum Gasteiger partial charge on any atom is 0.459 e. The average Bonchev–Trinajstić information content (AvgIpc) is 2.56. The van der Waals surface area contributed by atoms with Gasteiger partial charge in [0.2, 0.25) is 0 Å². The van der Waals surface area contributed by atoms with Crippen LogP contribution in [0.1, 0.15) is 65.2 Å². The summed E-state index contributed by atoms with van der Waals surface area (Å²) in [6, 6.07) is 0. The molecule has 0 radical (unpaired) electrons. The van der Waals surface area contributed by atoms with E-state index in [0.717, 1.165) is 31.0 Å². The summed E-state index contributed by atoms with van der Waals surface area (Å²) < 4.78 is 93.6. The summed E-state index contributed by atoms with van der Waals surface area (Å²) in [5.41, 5.74) is 0. The monoisotopic (exact) mass is 428 g/mol. The van der Waals surface area contributed by atoms with Gasteiger partial charge in [-0.05, 0) is 25.0 Å². The lowest BCUT2D eigenvalue weighted by atomic mass is 10.1. The van der Waals surface area contributed by atoms with E-state index in [1.165, 1.54) is 0 Å². The fraction of sp³-hybridized carbons (Fsp3) is 0.941. The number of carbonyl (C=O) groups is 1. The highest BCUT2D eigenvalue weighted by molar-refractivity contribution is 8.00. The van der Waals surface area contributed by atoms with Crippen LogP contribution in [0, 0.1) is 0 Å². The first-order valence-corrected chi connectivity index (χ1v) is 10.1. The van der Waals surface area contributed by atoms with Crippen molar-refractivity contribution in [3.8, 4) is 0 Å². The average molecular weight is 428 g/mol. The number of hydrogen-bond acceptors (Lipinski definition) is 3. The summed E-state index contributed by atoms with van der Waals surface area (Å²) >= 11 is 0.963. The van der Waals surface area contributed by atoms with Crippen LogP contribution in [0.4, 0.5) is 30.7 Å². The molecule has 1 atom stereocenters. The molecule has 0 fully saturated rings. The van der Waals surface area contributed by atoms with Crippen LogP contribution in [0.25, 0.3) is 0 Å². The molecule has 0 saturated carbocycles. The minimum atomic E-state index is -6.31. The summed E-state index contributed by atoms with van der Waals surface area (Å²) in [7, 11) is 0. The molecule has 162 valence electrons. The third-order valence-corrected chi connectivity index (χ3v) is 5.20. The lowest BCUT2D eigenvalue weighted by Crippen LogP contribution is -2.51. The standard InChI is InChI=1S/C17H27F7O2S/c1-3-5-7-9-13(14(25)26-11-6-4-2)27-12-8-10-15(18,19)16(20,21)17(22,23)24/h13H,3-12H2,1-2H3. The van der Waals surface area contributed by atoms with Crippen LogP contribution >= 0.6 is 11.8 Å². The van der Waals surface area contributed by atoms with Crippen molar-refractivity contribution < 1.29 is 40.3 Å². The summed E-state index contributed by atoms with van der Waals surface area (Å²) in [5.74, 6) is -11.9. The van der Waals surface area contributed by atoms with Crippen LogP contribution in [0.15, 0.2) is 0 Å². The quantitative estimate of drug-likeness (QED) is 0.177. The largest absolute Gasteiger partial charge is 0.465 e. The van der Waals surface area contributed by atoms with Crippen LogP contribution in [0.2, 0.25) is 0 Å². The molecule has 0 aromatic rings. The summed E-state index contributed by atoms with van der Waals surface area (Å²) in [6.07, 6.45) is -4.08. The van der Waals surface area contributed by atoms with Gasteiger partial charge in [-0.15, -0.1) is 11.8 Å². The summed E-state index contributed by atoms with van der Waals surface area (Å²) in [6.45, 7) is 4.11. The van der Waals surface area contributed by atoms with E-state index in [2.05, 4.69) is 0 Å². The number of esters is 1. The Morgan fingerprint density at radius 3 is 2.04 bits per heavy atom. The van der Waals surface area contributed by atoms with Crippen molar-refractivity contribution in [1.29, 1.82) is 0 Å². The zero-order chi connectivity index (χ0) is 21.1. The number of ether oxygens (including phenoxy) is 1. The van der Waals surface area contributed by atoms with E-state index in [4.69, 9.17) is 4.74 Å². The SMILES string of the molecule is CCCCCC(SCCCC(F)(F)C(F)(F)C(F)(F)F)C(=O)OCCCC. The maximum atomic E-state index is 13.3. The van der Waals surface area contributed by atoms with Gasteiger partial charge in [-0.3, -0.25) is 4.79 Å². The van der Waals surface area contributed by atoms with Crippen LogP contribution in [0.5, 0.6) is 0 Å². The van der Waals surface area contributed by atoms with Gasteiger partial charge >= 0.3 is 24.0 Å². The molecule has 0 aromatic carbocycles. The van der Waals surface area contributed by atoms with E-state index < -0.39 is 42.1 Å². The van der Waals surface area contributed by atoms with Crippen molar-refractivity contribution in [1.82, 2.24) is 0 Å². The van der Waals surface area contributed by atoms with Crippen molar-refractivity contribution in [3.05, 3.63) is 0 Å². The van der Waals surface area contributed by atoms with Crippen molar-refractivity contribution in [2.24, 2.45) is 0 Å². The van der Waals surface area contributed by atoms with Crippen LogP contribution in [0.3, 0.4) is 0 Å². The third-order valence-electron chi connectivity index (χ3n) is 3.84. The highest BCUT2D eigenvalue weighted by Gasteiger charge is 2.72. The maximum absolute atomic E-state index is 13.3. The minimum Gasteiger partial charge on any atom is -0.465 e.